The summed E-state index contributed by atoms with van der Waals surface area (Å²) < 4.78 is 0. The number of pyridine rings is 1. The van der Waals surface area contributed by atoms with Gasteiger partial charge in [-0.1, -0.05) is 11.8 Å². The van der Waals surface area contributed by atoms with Crippen LogP contribution in [0.4, 0.5) is 0 Å². The fourth-order valence-corrected chi connectivity index (χ4v) is 0.796. The molecule has 0 bridgehead atoms. The molecule has 0 atom stereocenters. The Hall–Kier alpha value is -2.26. The topological polar surface area (TPSA) is 53.0 Å². The van der Waals surface area contributed by atoms with Gasteiger partial charge in [0.1, 0.15) is 11.4 Å². The normalized spacial score (nSPS) is 8.46. The van der Waals surface area contributed by atoms with Crippen LogP contribution in [0.3, 0.4) is 0 Å². The highest BCUT2D eigenvalue weighted by Gasteiger charge is 1.99. The molecule has 0 spiro atoms. The van der Waals surface area contributed by atoms with E-state index in [0.29, 0.717) is 0 Å². The number of hydrogen-bond donors (Lipinski definition) is 0. The molecule has 0 N–H and O–H groups in total. The van der Waals surface area contributed by atoms with Crippen LogP contribution < -0.4 is 5.11 Å². The maximum atomic E-state index is 10.5. The summed E-state index contributed by atoms with van der Waals surface area (Å²) in [7, 11) is 0. The van der Waals surface area contributed by atoms with Gasteiger partial charge in [0.25, 0.3) is 0 Å². The van der Waals surface area contributed by atoms with E-state index < -0.39 is 5.97 Å². The third-order valence-electron chi connectivity index (χ3n) is 1.36. The smallest absolute Gasteiger partial charge is 0.115 e. The van der Waals surface area contributed by atoms with Gasteiger partial charge >= 0.3 is 0 Å². The summed E-state index contributed by atoms with van der Waals surface area (Å²) in [4.78, 5) is 14.3. The van der Waals surface area contributed by atoms with Gasteiger partial charge in [0.15, 0.2) is 0 Å². The van der Waals surface area contributed by atoms with Crippen molar-refractivity contribution in [2.75, 3.05) is 0 Å². The van der Waals surface area contributed by atoms with E-state index in [1.54, 1.807) is 0 Å². The first kappa shape index (κ1) is 8.83. The Bertz CT molecular complexity index is 403. The predicted octanol–water partition coefficient (Wildman–Crippen LogP) is -0.592. The summed E-state index contributed by atoms with van der Waals surface area (Å²) in [5.41, 5.74) is 0.320. The second-order valence-electron chi connectivity index (χ2n) is 2.20. The van der Waals surface area contributed by atoms with Gasteiger partial charge in [0, 0.05) is 5.56 Å². The number of terminal acetylenes is 2. The van der Waals surface area contributed by atoms with E-state index >= 15 is 0 Å². The molecule has 0 aromatic carbocycles. The molecule has 0 aliphatic heterocycles. The first-order valence-electron chi connectivity index (χ1n) is 3.34. The van der Waals surface area contributed by atoms with Crippen LogP contribution in [-0.4, -0.2) is 11.0 Å². The molecule has 13 heavy (non-hydrogen) atoms. The molecule has 3 nitrogen and oxygen atoms in total. The minimum absolute atomic E-state index is 0.0594. The Balaban J connectivity index is 3.35. The number of aromatic nitrogens is 1. The lowest BCUT2D eigenvalue weighted by atomic mass is 10.2. The lowest BCUT2D eigenvalue weighted by Crippen LogP contribution is -2.22. The highest BCUT2D eigenvalue weighted by atomic mass is 16.4. The molecule has 0 fully saturated rings. The molecule has 62 valence electrons. The van der Waals surface area contributed by atoms with Crippen molar-refractivity contribution in [3.63, 3.8) is 0 Å². The lowest BCUT2D eigenvalue weighted by molar-refractivity contribution is -0.255. The summed E-state index contributed by atoms with van der Waals surface area (Å²) in [5, 5.41) is 10.5. The van der Waals surface area contributed by atoms with Crippen molar-refractivity contribution in [2.24, 2.45) is 0 Å². The van der Waals surface area contributed by atoms with Crippen molar-refractivity contribution in [3.05, 3.63) is 29.1 Å². The quantitative estimate of drug-likeness (QED) is 0.529. The average molecular weight is 170 g/mol. The monoisotopic (exact) mass is 170 g/mol. The molecule has 1 heterocycles. The van der Waals surface area contributed by atoms with E-state index in [1.165, 1.54) is 12.1 Å². The van der Waals surface area contributed by atoms with Gasteiger partial charge < -0.3 is 9.90 Å². The highest BCUT2D eigenvalue weighted by molar-refractivity contribution is 5.86. The molecule has 0 saturated carbocycles. The van der Waals surface area contributed by atoms with E-state index in [1.807, 2.05) is 0 Å². The zero-order chi connectivity index (χ0) is 9.84. The molecule has 0 aliphatic carbocycles. The van der Waals surface area contributed by atoms with Gasteiger partial charge in [-0.3, -0.25) is 0 Å². The summed E-state index contributed by atoms with van der Waals surface area (Å²) in [6.07, 6.45) is 10.1. The van der Waals surface area contributed by atoms with Crippen LogP contribution in [-0.2, 0) is 0 Å². The van der Waals surface area contributed by atoms with Gasteiger partial charge in [0.05, 0.1) is 5.97 Å². The van der Waals surface area contributed by atoms with Crippen LogP contribution >= 0.6 is 0 Å². The van der Waals surface area contributed by atoms with Crippen molar-refractivity contribution >= 4 is 5.97 Å². The number of carbonyl (C=O) groups is 1. The van der Waals surface area contributed by atoms with E-state index in [2.05, 4.69) is 16.8 Å². The fraction of sp³-hybridized carbons (Fsp3) is 0. The Morgan fingerprint density at radius 3 is 2.08 bits per heavy atom. The number of carboxylic acid groups (broad SMARTS) is 1. The van der Waals surface area contributed by atoms with Gasteiger partial charge in [0.2, 0.25) is 0 Å². The van der Waals surface area contributed by atoms with Crippen molar-refractivity contribution in [1.82, 2.24) is 4.98 Å². The van der Waals surface area contributed by atoms with Crippen LogP contribution in [0.25, 0.3) is 0 Å². The van der Waals surface area contributed by atoms with Crippen molar-refractivity contribution < 1.29 is 9.90 Å². The summed E-state index contributed by atoms with van der Waals surface area (Å²) in [6, 6.07) is 2.46. The molecule has 0 saturated heterocycles. The molecule has 1 rings (SSSR count). The standard InChI is InChI=1S/C10H5NO2/c1-3-8-5-7(10(12)13)6-9(4-2)11-8/h1-2,5-6H,(H,12,13)/p-1. The number of hydrogen-bond acceptors (Lipinski definition) is 3. The van der Waals surface area contributed by atoms with Crippen molar-refractivity contribution in [3.8, 4) is 24.7 Å². The Morgan fingerprint density at radius 2 is 1.77 bits per heavy atom. The zero-order valence-corrected chi connectivity index (χ0v) is 6.57. The molecule has 3 heteroatoms. The van der Waals surface area contributed by atoms with Crippen LogP contribution in [0.15, 0.2) is 12.1 Å². The van der Waals surface area contributed by atoms with E-state index in [4.69, 9.17) is 12.8 Å². The summed E-state index contributed by atoms with van der Waals surface area (Å²) in [5.74, 6) is 3.07. The summed E-state index contributed by atoms with van der Waals surface area (Å²) in [6.45, 7) is 0. The molecule has 0 unspecified atom stereocenters. The Morgan fingerprint density at radius 1 is 1.31 bits per heavy atom. The fourth-order valence-electron chi connectivity index (χ4n) is 0.796. The highest BCUT2D eigenvalue weighted by Crippen LogP contribution is 2.03. The number of nitrogens with zero attached hydrogens (tertiary/aromatic N) is 1. The van der Waals surface area contributed by atoms with Crippen LogP contribution in [0.5, 0.6) is 0 Å². The number of rotatable bonds is 1. The van der Waals surface area contributed by atoms with E-state index in [-0.39, 0.29) is 17.0 Å². The number of carboxylic acids is 1. The van der Waals surface area contributed by atoms with Gasteiger partial charge in [-0.05, 0) is 12.1 Å². The van der Waals surface area contributed by atoms with Crippen molar-refractivity contribution in [1.29, 1.82) is 0 Å². The third kappa shape index (κ3) is 1.85. The van der Waals surface area contributed by atoms with Crippen LogP contribution in [0.2, 0.25) is 0 Å². The zero-order valence-electron chi connectivity index (χ0n) is 6.57. The van der Waals surface area contributed by atoms with Crippen LogP contribution in [0.1, 0.15) is 21.7 Å². The lowest BCUT2D eigenvalue weighted by Gasteiger charge is -2.02. The molecule has 0 aliphatic rings. The Labute approximate surface area is 75.4 Å². The largest absolute Gasteiger partial charge is 0.545 e. The van der Waals surface area contributed by atoms with E-state index in [0.717, 1.165) is 0 Å². The molecule has 0 amide bonds. The molecular formula is C10H4NO2-. The number of carbonyl (C=O) groups excluding carboxylic acids is 1. The maximum Gasteiger partial charge on any atom is 0.115 e. The second-order valence-corrected chi connectivity index (χ2v) is 2.20. The van der Waals surface area contributed by atoms with Crippen molar-refractivity contribution in [2.45, 2.75) is 0 Å². The first-order chi connectivity index (χ1) is 6.17. The van der Waals surface area contributed by atoms with Gasteiger partial charge in [-0.15, -0.1) is 12.8 Å². The SMILES string of the molecule is C#Cc1cc(C(=O)[O-])cc(C#C)n1. The predicted molar refractivity (Wildman–Crippen MR) is 44.4 cm³/mol. The minimum atomic E-state index is -1.32. The third-order valence-corrected chi connectivity index (χ3v) is 1.36. The van der Waals surface area contributed by atoms with Crippen LogP contribution in [0, 0.1) is 24.7 Å². The average Bonchev–Trinajstić information content (AvgIpc) is 2.16. The van der Waals surface area contributed by atoms with Gasteiger partial charge in [-0.25, -0.2) is 4.98 Å². The first-order valence-corrected chi connectivity index (χ1v) is 3.34. The second kappa shape index (κ2) is 3.42. The number of aromatic carboxylic acids is 1. The van der Waals surface area contributed by atoms with E-state index in [9.17, 15) is 9.90 Å². The molecule has 0 radical (unpaired) electrons. The molecule has 1 aromatic heterocycles. The molecule has 1 aromatic rings. The summed E-state index contributed by atoms with van der Waals surface area (Å²) >= 11 is 0. The maximum absolute atomic E-state index is 10.5. The molecular weight excluding hydrogens is 166 g/mol. The van der Waals surface area contributed by atoms with Gasteiger partial charge in [-0.2, -0.15) is 0 Å². The minimum Gasteiger partial charge on any atom is -0.545 e. The Kier molecular flexibility index (Phi) is 2.33.